The maximum Gasteiger partial charge on any atom is 0.266 e. The van der Waals surface area contributed by atoms with Crippen molar-refractivity contribution >= 4 is 12.1 Å². The van der Waals surface area contributed by atoms with Gasteiger partial charge in [0.1, 0.15) is 0 Å². The summed E-state index contributed by atoms with van der Waals surface area (Å²) in [6.45, 7) is 2.54. The highest BCUT2D eigenvalue weighted by Gasteiger charge is 2.10. The largest absolute Gasteiger partial charge is 0.268 e. The van der Waals surface area contributed by atoms with Crippen LogP contribution in [0.1, 0.15) is 13.3 Å². The van der Waals surface area contributed by atoms with E-state index in [4.69, 9.17) is 0 Å². The maximum absolute atomic E-state index is 11.0. The van der Waals surface area contributed by atoms with Gasteiger partial charge in [-0.1, -0.05) is 6.08 Å². The topological polar surface area (TPSA) is 32.7 Å². The van der Waals surface area contributed by atoms with Crippen molar-refractivity contribution in [2.24, 2.45) is 5.10 Å². The number of hydrogen-bond donors (Lipinski definition) is 0. The van der Waals surface area contributed by atoms with Crippen molar-refractivity contribution in [3.05, 3.63) is 12.2 Å². The first kappa shape index (κ1) is 6.99. The number of carbonyl (C=O) groups is 1. The third-order valence-corrected chi connectivity index (χ3v) is 1.25. The van der Waals surface area contributed by atoms with Crippen molar-refractivity contribution in [3.63, 3.8) is 0 Å². The molecule has 0 fully saturated rings. The minimum Gasteiger partial charge on any atom is -0.268 e. The molecule has 0 spiro atoms. The van der Waals surface area contributed by atoms with Crippen LogP contribution < -0.4 is 0 Å². The number of allylic oxidation sites excluding steroid dienone is 1. The fraction of sp³-hybridized carbons (Fsp3) is 0.429. The Bertz CT molecular complexity index is 184. The fourth-order valence-corrected chi connectivity index (χ4v) is 0.790. The molecule has 0 unspecified atom stereocenters. The molecule has 1 aliphatic heterocycles. The SMILES string of the molecule is C/C=C/C(=O)N1CCC=N1. The molecule has 1 amide bonds. The van der Waals surface area contributed by atoms with Crippen molar-refractivity contribution < 1.29 is 4.79 Å². The molecule has 3 nitrogen and oxygen atoms in total. The Morgan fingerprint density at radius 2 is 2.60 bits per heavy atom. The van der Waals surface area contributed by atoms with Gasteiger partial charge >= 0.3 is 0 Å². The van der Waals surface area contributed by atoms with Gasteiger partial charge < -0.3 is 0 Å². The Labute approximate surface area is 60.0 Å². The van der Waals surface area contributed by atoms with E-state index in [0.717, 1.165) is 13.0 Å². The predicted molar refractivity (Wildman–Crippen MR) is 39.6 cm³/mol. The second-order valence-corrected chi connectivity index (χ2v) is 2.05. The zero-order valence-electron chi connectivity index (χ0n) is 5.95. The predicted octanol–water partition coefficient (Wildman–Crippen LogP) is 0.781. The lowest BCUT2D eigenvalue weighted by molar-refractivity contribution is -0.125. The lowest BCUT2D eigenvalue weighted by Crippen LogP contribution is -2.20. The van der Waals surface area contributed by atoms with Gasteiger partial charge in [-0.3, -0.25) is 4.79 Å². The van der Waals surface area contributed by atoms with Crippen LogP contribution >= 0.6 is 0 Å². The van der Waals surface area contributed by atoms with E-state index in [9.17, 15) is 4.79 Å². The van der Waals surface area contributed by atoms with E-state index in [1.807, 2.05) is 6.92 Å². The second-order valence-electron chi connectivity index (χ2n) is 2.05. The first-order chi connectivity index (χ1) is 4.84. The molecular weight excluding hydrogens is 128 g/mol. The van der Waals surface area contributed by atoms with Crippen molar-refractivity contribution in [2.75, 3.05) is 6.54 Å². The molecule has 1 rings (SSSR count). The van der Waals surface area contributed by atoms with E-state index in [2.05, 4.69) is 5.10 Å². The number of rotatable bonds is 1. The number of carbonyl (C=O) groups excluding carboxylic acids is 1. The minimum atomic E-state index is -0.0312. The zero-order chi connectivity index (χ0) is 7.40. The summed E-state index contributed by atoms with van der Waals surface area (Å²) in [5, 5.41) is 5.32. The summed E-state index contributed by atoms with van der Waals surface area (Å²) in [7, 11) is 0. The fourth-order valence-electron chi connectivity index (χ4n) is 0.790. The highest BCUT2D eigenvalue weighted by atomic mass is 16.2. The summed E-state index contributed by atoms with van der Waals surface area (Å²) < 4.78 is 0. The van der Waals surface area contributed by atoms with E-state index >= 15 is 0 Å². The van der Waals surface area contributed by atoms with Crippen molar-refractivity contribution in [2.45, 2.75) is 13.3 Å². The summed E-state index contributed by atoms with van der Waals surface area (Å²) in [6, 6.07) is 0. The van der Waals surface area contributed by atoms with Crippen LogP contribution in [-0.2, 0) is 4.79 Å². The van der Waals surface area contributed by atoms with Gasteiger partial charge in [0.25, 0.3) is 5.91 Å². The first-order valence-electron chi connectivity index (χ1n) is 3.31. The quantitative estimate of drug-likeness (QED) is 0.493. The molecule has 0 bridgehead atoms. The van der Waals surface area contributed by atoms with Gasteiger partial charge in [0.15, 0.2) is 0 Å². The Kier molecular flexibility index (Phi) is 2.20. The summed E-state index contributed by atoms with van der Waals surface area (Å²) in [6.07, 6.45) is 5.86. The molecule has 0 aromatic rings. The first-order valence-corrected chi connectivity index (χ1v) is 3.31. The van der Waals surface area contributed by atoms with E-state index in [1.165, 1.54) is 11.1 Å². The van der Waals surface area contributed by atoms with Crippen molar-refractivity contribution in [3.8, 4) is 0 Å². The Morgan fingerprint density at radius 1 is 1.80 bits per heavy atom. The normalized spacial score (nSPS) is 17.1. The van der Waals surface area contributed by atoms with Gasteiger partial charge in [0.05, 0.1) is 0 Å². The molecule has 1 aliphatic rings. The molecule has 0 saturated carbocycles. The van der Waals surface area contributed by atoms with Gasteiger partial charge in [-0.05, 0) is 6.92 Å². The number of nitrogens with zero attached hydrogens (tertiary/aromatic N) is 2. The second kappa shape index (κ2) is 3.15. The number of hydrogen-bond acceptors (Lipinski definition) is 2. The summed E-state index contributed by atoms with van der Waals surface area (Å²) in [5.41, 5.74) is 0. The van der Waals surface area contributed by atoms with Crippen LogP contribution in [0.3, 0.4) is 0 Å². The van der Waals surface area contributed by atoms with Crippen molar-refractivity contribution in [1.29, 1.82) is 0 Å². The average Bonchev–Trinajstić information content (AvgIpc) is 2.38. The van der Waals surface area contributed by atoms with Gasteiger partial charge in [0, 0.05) is 25.3 Å². The van der Waals surface area contributed by atoms with Crippen LogP contribution in [0.4, 0.5) is 0 Å². The summed E-state index contributed by atoms with van der Waals surface area (Å²) in [5.74, 6) is -0.0312. The molecule has 10 heavy (non-hydrogen) atoms. The van der Waals surface area contributed by atoms with Gasteiger partial charge in [-0.15, -0.1) is 0 Å². The minimum absolute atomic E-state index is 0.0312. The third-order valence-electron chi connectivity index (χ3n) is 1.25. The Hall–Kier alpha value is -1.12. The molecule has 0 atom stereocenters. The molecule has 0 aromatic carbocycles. The molecule has 1 heterocycles. The molecule has 54 valence electrons. The molecule has 0 radical (unpaired) electrons. The lowest BCUT2D eigenvalue weighted by Gasteiger charge is -2.06. The van der Waals surface area contributed by atoms with Crippen LogP contribution in [0.25, 0.3) is 0 Å². The molecular formula is C7H10N2O. The highest BCUT2D eigenvalue weighted by Crippen LogP contribution is 2.00. The van der Waals surface area contributed by atoms with Crippen LogP contribution in [-0.4, -0.2) is 23.7 Å². The van der Waals surface area contributed by atoms with E-state index < -0.39 is 0 Å². The Balaban J connectivity index is 2.48. The van der Waals surface area contributed by atoms with Crippen LogP contribution in [0, 0.1) is 0 Å². The van der Waals surface area contributed by atoms with E-state index in [0.29, 0.717) is 0 Å². The zero-order valence-corrected chi connectivity index (χ0v) is 5.95. The van der Waals surface area contributed by atoms with Crippen LogP contribution in [0.15, 0.2) is 17.3 Å². The summed E-state index contributed by atoms with van der Waals surface area (Å²) >= 11 is 0. The van der Waals surface area contributed by atoms with Gasteiger partial charge in [-0.25, -0.2) is 5.01 Å². The average molecular weight is 138 g/mol. The monoisotopic (exact) mass is 138 g/mol. The van der Waals surface area contributed by atoms with Crippen LogP contribution in [0.2, 0.25) is 0 Å². The standard InChI is InChI=1S/C7H10N2O/c1-2-4-7(10)9-6-3-5-8-9/h2,4-5H,3,6H2,1H3/b4-2+. The maximum atomic E-state index is 11.0. The molecule has 3 heteroatoms. The van der Waals surface area contributed by atoms with Crippen LogP contribution in [0.5, 0.6) is 0 Å². The lowest BCUT2D eigenvalue weighted by atomic mass is 10.4. The van der Waals surface area contributed by atoms with Gasteiger partial charge in [-0.2, -0.15) is 5.10 Å². The van der Waals surface area contributed by atoms with Crippen molar-refractivity contribution in [1.82, 2.24) is 5.01 Å². The third kappa shape index (κ3) is 1.43. The molecule has 0 aromatic heterocycles. The highest BCUT2D eigenvalue weighted by molar-refractivity contribution is 5.88. The number of amides is 1. The van der Waals surface area contributed by atoms with E-state index in [1.54, 1.807) is 12.3 Å². The molecule has 0 N–H and O–H groups in total. The number of hydrazone groups is 1. The van der Waals surface area contributed by atoms with Gasteiger partial charge in [0.2, 0.25) is 0 Å². The van der Waals surface area contributed by atoms with E-state index in [-0.39, 0.29) is 5.91 Å². The molecule has 0 saturated heterocycles. The Morgan fingerprint density at radius 3 is 3.10 bits per heavy atom. The summed E-state index contributed by atoms with van der Waals surface area (Å²) in [4.78, 5) is 11.0. The smallest absolute Gasteiger partial charge is 0.266 e. The molecule has 0 aliphatic carbocycles.